The first kappa shape index (κ1) is 13.7. The summed E-state index contributed by atoms with van der Waals surface area (Å²) >= 11 is 0. The maximum absolute atomic E-state index is 11.8. The van der Waals surface area contributed by atoms with Gasteiger partial charge in [0, 0.05) is 6.54 Å². The number of hydrogen-bond acceptors (Lipinski definition) is 4. The minimum Gasteiger partial charge on any atom is -0.440 e. The summed E-state index contributed by atoms with van der Waals surface area (Å²) in [7, 11) is -4.15. The summed E-state index contributed by atoms with van der Waals surface area (Å²) in [5.41, 5.74) is 0. The Morgan fingerprint density at radius 3 is 2.47 bits per heavy atom. The zero-order valence-corrected chi connectivity index (χ0v) is 9.14. The topological polar surface area (TPSA) is 76.4 Å². The Morgan fingerprint density at radius 2 is 2.00 bits per heavy atom. The van der Waals surface area contributed by atoms with Gasteiger partial charge in [-0.2, -0.15) is 13.2 Å². The van der Waals surface area contributed by atoms with E-state index in [0.717, 1.165) is 12.1 Å². The van der Waals surface area contributed by atoms with Crippen LogP contribution < -0.4 is 4.72 Å². The smallest absolute Gasteiger partial charge is 0.390 e. The van der Waals surface area contributed by atoms with E-state index >= 15 is 0 Å². The second-order valence-corrected chi connectivity index (χ2v) is 4.74. The molecule has 1 N–H and O–H groups in total. The molecule has 1 heterocycles. The Balaban J connectivity index is 2.66. The summed E-state index contributed by atoms with van der Waals surface area (Å²) in [5, 5.41) is -0.596. The highest BCUT2D eigenvalue weighted by Crippen LogP contribution is 2.19. The van der Waals surface area contributed by atoms with Gasteiger partial charge in [-0.25, -0.2) is 13.1 Å². The molecule has 0 saturated carbocycles. The van der Waals surface area contributed by atoms with Crippen molar-refractivity contribution in [1.29, 1.82) is 0 Å². The lowest BCUT2D eigenvalue weighted by molar-refractivity contribution is -0.132. The van der Waals surface area contributed by atoms with Gasteiger partial charge in [0.05, 0.1) is 6.42 Å². The van der Waals surface area contributed by atoms with Crippen molar-refractivity contribution < 1.29 is 30.8 Å². The first-order valence-electron chi connectivity index (χ1n) is 4.36. The predicted octanol–water partition coefficient (Wildman–Crippen LogP) is 1.32. The van der Waals surface area contributed by atoms with Crippen LogP contribution >= 0.6 is 0 Å². The highest BCUT2D eigenvalue weighted by Gasteiger charge is 2.28. The summed E-state index contributed by atoms with van der Waals surface area (Å²) in [6, 6.07) is 2.09. The number of hydrogen-bond donors (Lipinski definition) is 1. The van der Waals surface area contributed by atoms with Gasteiger partial charge in [-0.15, -0.1) is 0 Å². The minimum atomic E-state index is -4.44. The molecule has 0 radical (unpaired) electrons. The lowest BCUT2D eigenvalue weighted by Gasteiger charge is -2.06. The van der Waals surface area contributed by atoms with Crippen LogP contribution in [-0.2, 0) is 10.0 Å². The second-order valence-electron chi connectivity index (χ2n) is 3.04. The fourth-order valence-electron chi connectivity index (χ4n) is 0.940. The number of halogens is 3. The summed E-state index contributed by atoms with van der Waals surface area (Å²) < 4.78 is 64.4. The molecule has 96 valence electrons. The first-order chi connectivity index (χ1) is 7.74. The molecule has 0 spiro atoms. The van der Waals surface area contributed by atoms with E-state index in [1.807, 2.05) is 0 Å². The molecular weight excluding hydrogens is 263 g/mol. The molecule has 9 heteroatoms. The monoisotopic (exact) mass is 271 g/mol. The van der Waals surface area contributed by atoms with E-state index in [2.05, 4.69) is 4.42 Å². The van der Waals surface area contributed by atoms with Crippen LogP contribution in [-0.4, -0.2) is 27.4 Å². The van der Waals surface area contributed by atoms with Gasteiger partial charge in [-0.3, -0.25) is 4.79 Å². The Bertz CT molecular complexity index is 491. The molecule has 1 rings (SSSR count). The van der Waals surface area contributed by atoms with Crippen molar-refractivity contribution in [3.8, 4) is 0 Å². The molecular formula is C8H8F3NO4S. The molecule has 0 atom stereocenters. The molecule has 0 unspecified atom stereocenters. The van der Waals surface area contributed by atoms with Crippen LogP contribution in [0.1, 0.15) is 17.0 Å². The van der Waals surface area contributed by atoms with E-state index < -0.39 is 34.3 Å². The summed E-state index contributed by atoms with van der Waals surface area (Å²) in [6.07, 6.45) is -5.44. The number of furan rings is 1. The summed E-state index contributed by atoms with van der Waals surface area (Å²) in [6.45, 7) is -0.789. The van der Waals surface area contributed by atoms with Crippen molar-refractivity contribution in [2.45, 2.75) is 17.7 Å². The molecule has 1 aromatic heterocycles. The van der Waals surface area contributed by atoms with Crippen molar-refractivity contribution in [1.82, 2.24) is 4.72 Å². The van der Waals surface area contributed by atoms with Gasteiger partial charge in [0.15, 0.2) is 12.0 Å². The third-order valence-electron chi connectivity index (χ3n) is 1.68. The number of carbonyl (C=O) groups excluding carboxylic acids is 1. The number of carbonyl (C=O) groups is 1. The van der Waals surface area contributed by atoms with E-state index in [4.69, 9.17) is 0 Å². The Hall–Kier alpha value is -1.35. The van der Waals surface area contributed by atoms with Crippen LogP contribution in [0.3, 0.4) is 0 Å². The number of nitrogens with one attached hydrogen (secondary N) is 1. The van der Waals surface area contributed by atoms with E-state index in [1.54, 1.807) is 4.72 Å². The largest absolute Gasteiger partial charge is 0.440 e. The van der Waals surface area contributed by atoms with Crippen LogP contribution in [0.25, 0.3) is 0 Å². The average molecular weight is 271 g/mol. The molecule has 1 aromatic rings. The maximum Gasteiger partial charge on any atom is 0.390 e. The van der Waals surface area contributed by atoms with Crippen molar-refractivity contribution in [3.05, 3.63) is 17.9 Å². The zero-order chi connectivity index (χ0) is 13.1. The van der Waals surface area contributed by atoms with Crippen LogP contribution in [0.5, 0.6) is 0 Å². The third-order valence-corrected chi connectivity index (χ3v) is 3.02. The zero-order valence-electron chi connectivity index (χ0n) is 8.32. The summed E-state index contributed by atoms with van der Waals surface area (Å²) in [4.78, 5) is 10.2. The number of sulfonamides is 1. The number of aldehydes is 1. The lowest BCUT2D eigenvalue weighted by atomic mass is 10.4. The highest BCUT2D eigenvalue weighted by molar-refractivity contribution is 7.89. The lowest BCUT2D eigenvalue weighted by Crippen LogP contribution is -2.27. The second kappa shape index (κ2) is 4.88. The van der Waals surface area contributed by atoms with Gasteiger partial charge >= 0.3 is 6.18 Å². The minimum absolute atomic E-state index is 0.221. The summed E-state index contributed by atoms with van der Waals surface area (Å²) in [5.74, 6) is -0.221. The molecule has 0 aliphatic rings. The maximum atomic E-state index is 11.8. The van der Waals surface area contributed by atoms with Gasteiger partial charge in [0.1, 0.15) is 0 Å². The predicted molar refractivity (Wildman–Crippen MR) is 50.0 cm³/mol. The molecule has 0 aliphatic carbocycles. The van der Waals surface area contributed by atoms with Gasteiger partial charge in [0.2, 0.25) is 5.09 Å². The normalized spacial score (nSPS) is 12.6. The van der Waals surface area contributed by atoms with Gasteiger partial charge in [-0.1, -0.05) is 0 Å². The van der Waals surface area contributed by atoms with Crippen LogP contribution in [0, 0.1) is 0 Å². The fourth-order valence-corrected chi connectivity index (χ4v) is 1.91. The molecule has 17 heavy (non-hydrogen) atoms. The van der Waals surface area contributed by atoms with Crippen molar-refractivity contribution in [3.63, 3.8) is 0 Å². The third kappa shape index (κ3) is 4.19. The number of rotatable bonds is 5. The van der Waals surface area contributed by atoms with E-state index in [9.17, 15) is 26.4 Å². The van der Waals surface area contributed by atoms with Gasteiger partial charge in [-0.05, 0) is 12.1 Å². The molecule has 5 nitrogen and oxygen atoms in total. The molecule has 0 bridgehead atoms. The van der Waals surface area contributed by atoms with Gasteiger partial charge in [0.25, 0.3) is 10.0 Å². The van der Waals surface area contributed by atoms with Crippen LogP contribution in [0.4, 0.5) is 13.2 Å². The first-order valence-corrected chi connectivity index (χ1v) is 5.84. The van der Waals surface area contributed by atoms with Crippen LogP contribution in [0.2, 0.25) is 0 Å². The SMILES string of the molecule is O=Cc1ccc(S(=O)(=O)NCCC(F)(F)F)o1. The fraction of sp³-hybridized carbons (Fsp3) is 0.375. The Morgan fingerprint density at radius 1 is 1.35 bits per heavy atom. The van der Waals surface area contributed by atoms with Crippen molar-refractivity contribution in [2.75, 3.05) is 6.54 Å². The molecule has 0 fully saturated rings. The van der Waals surface area contributed by atoms with Crippen LogP contribution in [0.15, 0.2) is 21.6 Å². The molecule has 0 aromatic carbocycles. The average Bonchev–Trinajstić information content (AvgIpc) is 2.63. The Kier molecular flexibility index (Phi) is 3.94. The number of alkyl halides is 3. The van der Waals surface area contributed by atoms with Crippen molar-refractivity contribution in [2.24, 2.45) is 0 Å². The van der Waals surface area contributed by atoms with Gasteiger partial charge < -0.3 is 4.42 Å². The standard InChI is InChI=1S/C8H8F3NO4S/c9-8(10,11)3-4-12-17(14,15)7-2-1-6(5-13)16-7/h1-2,5,12H,3-4H2. The molecule has 0 aliphatic heterocycles. The highest BCUT2D eigenvalue weighted by atomic mass is 32.2. The Labute approximate surface area is 94.7 Å². The van der Waals surface area contributed by atoms with Crippen molar-refractivity contribution >= 4 is 16.3 Å². The van der Waals surface area contributed by atoms with E-state index in [0.29, 0.717) is 0 Å². The quantitative estimate of drug-likeness (QED) is 0.819. The molecule has 0 amide bonds. The molecule has 0 saturated heterocycles. The van der Waals surface area contributed by atoms with E-state index in [1.165, 1.54) is 0 Å². The van der Waals surface area contributed by atoms with E-state index in [-0.39, 0.29) is 12.0 Å².